The molecule has 1 amide bonds. The van der Waals surface area contributed by atoms with E-state index in [1.165, 1.54) is 0 Å². The van der Waals surface area contributed by atoms with Crippen LogP contribution in [0, 0.1) is 17.2 Å². The minimum Gasteiger partial charge on any atom is -0.406 e. The summed E-state index contributed by atoms with van der Waals surface area (Å²) < 4.78 is 5.27. The number of amides is 1. The number of rotatable bonds is 6. The van der Waals surface area contributed by atoms with Gasteiger partial charge in [-0.2, -0.15) is 5.26 Å². The lowest BCUT2D eigenvalue weighted by atomic mass is 10.1. The third-order valence-electron chi connectivity index (χ3n) is 4.99. The predicted octanol–water partition coefficient (Wildman–Crippen LogP) is 3.51. The van der Waals surface area contributed by atoms with Crippen LogP contribution in [0.3, 0.4) is 0 Å². The SMILES string of the molecule is N#Cc1ccc(CN(Cc2nnc(N)o2)C(=O)[C@H]2C[C@@H]2c2ccccc2Cl)cc1. The summed E-state index contributed by atoms with van der Waals surface area (Å²) in [6.45, 7) is 0.521. The maximum atomic E-state index is 13.2. The van der Waals surface area contributed by atoms with E-state index in [9.17, 15) is 4.79 Å². The molecular formula is C21H18ClN5O2. The molecule has 29 heavy (non-hydrogen) atoms. The number of aromatic nitrogens is 2. The van der Waals surface area contributed by atoms with Gasteiger partial charge in [-0.15, -0.1) is 5.10 Å². The molecule has 8 heteroatoms. The third kappa shape index (κ3) is 4.23. The molecule has 0 bridgehead atoms. The molecule has 3 aromatic rings. The summed E-state index contributed by atoms with van der Waals surface area (Å²) in [5, 5.41) is 17.2. The molecule has 1 aliphatic rings. The van der Waals surface area contributed by atoms with Gasteiger partial charge in [0.25, 0.3) is 0 Å². The Kier molecular flexibility index (Phi) is 5.19. The van der Waals surface area contributed by atoms with E-state index in [0.717, 1.165) is 17.5 Å². The van der Waals surface area contributed by atoms with Gasteiger partial charge in [0.05, 0.1) is 18.2 Å². The maximum Gasteiger partial charge on any atom is 0.312 e. The number of carbonyl (C=O) groups excluding carboxylic acids is 1. The molecule has 0 aliphatic heterocycles. The molecule has 1 saturated carbocycles. The van der Waals surface area contributed by atoms with E-state index in [-0.39, 0.29) is 36.2 Å². The molecule has 0 spiro atoms. The summed E-state index contributed by atoms with van der Waals surface area (Å²) in [5.41, 5.74) is 7.98. The first kappa shape index (κ1) is 19.0. The summed E-state index contributed by atoms with van der Waals surface area (Å²) in [4.78, 5) is 14.9. The molecule has 4 rings (SSSR count). The first-order chi connectivity index (χ1) is 14.0. The van der Waals surface area contributed by atoms with Crippen molar-refractivity contribution in [2.45, 2.75) is 25.4 Å². The second-order valence-corrected chi connectivity index (χ2v) is 7.41. The molecule has 0 unspecified atom stereocenters. The first-order valence-corrected chi connectivity index (χ1v) is 9.53. The lowest BCUT2D eigenvalue weighted by Crippen LogP contribution is -2.32. The second-order valence-electron chi connectivity index (χ2n) is 7.01. The maximum absolute atomic E-state index is 13.2. The Balaban J connectivity index is 1.53. The van der Waals surface area contributed by atoms with Crippen molar-refractivity contribution in [2.24, 2.45) is 5.92 Å². The second kappa shape index (κ2) is 7.94. The van der Waals surface area contributed by atoms with Crippen LogP contribution in [0.4, 0.5) is 6.01 Å². The number of hydrogen-bond acceptors (Lipinski definition) is 6. The van der Waals surface area contributed by atoms with Crippen LogP contribution in [0.2, 0.25) is 5.02 Å². The number of hydrogen-bond donors (Lipinski definition) is 1. The number of carbonyl (C=O) groups is 1. The van der Waals surface area contributed by atoms with E-state index >= 15 is 0 Å². The molecule has 1 heterocycles. The van der Waals surface area contributed by atoms with E-state index in [1.54, 1.807) is 17.0 Å². The molecule has 0 radical (unpaired) electrons. The van der Waals surface area contributed by atoms with Gasteiger partial charge in [0, 0.05) is 17.5 Å². The standard InChI is InChI=1S/C21H18ClN5O2/c22-18-4-2-1-3-15(18)16-9-17(16)20(28)27(12-19-25-26-21(24)29-19)11-14-7-5-13(10-23)6-8-14/h1-8,16-17H,9,11-12H2,(H2,24,26)/t16-,17+/m1/s1. The predicted molar refractivity (Wildman–Crippen MR) is 106 cm³/mol. The van der Waals surface area contributed by atoms with Gasteiger partial charge in [0.15, 0.2) is 0 Å². The number of nitrogen functional groups attached to an aromatic ring is 1. The van der Waals surface area contributed by atoms with Crippen molar-refractivity contribution in [2.75, 3.05) is 5.73 Å². The molecule has 0 saturated heterocycles. The van der Waals surface area contributed by atoms with Gasteiger partial charge in [-0.25, -0.2) is 0 Å². The number of nitriles is 1. The lowest BCUT2D eigenvalue weighted by Gasteiger charge is -2.21. The smallest absolute Gasteiger partial charge is 0.312 e. The summed E-state index contributed by atoms with van der Waals surface area (Å²) in [6, 6.07) is 16.8. The number of halogens is 1. The Hall–Kier alpha value is -3.37. The normalized spacial score (nSPS) is 17.5. The van der Waals surface area contributed by atoms with Crippen molar-refractivity contribution >= 4 is 23.5 Å². The fourth-order valence-corrected chi connectivity index (χ4v) is 3.71. The molecule has 146 valence electrons. The third-order valence-corrected chi connectivity index (χ3v) is 5.33. The highest BCUT2D eigenvalue weighted by Crippen LogP contribution is 2.50. The Morgan fingerprint density at radius 3 is 2.62 bits per heavy atom. The summed E-state index contributed by atoms with van der Waals surface area (Å²) >= 11 is 6.30. The molecule has 2 N–H and O–H groups in total. The van der Waals surface area contributed by atoms with E-state index in [2.05, 4.69) is 16.3 Å². The zero-order chi connectivity index (χ0) is 20.4. The van der Waals surface area contributed by atoms with E-state index in [0.29, 0.717) is 17.1 Å². The number of anilines is 1. The largest absolute Gasteiger partial charge is 0.406 e. The Bertz CT molecular complexity index is 1070. The highest BCUT2D eigenvalue weighted by Gasteiger charge is 2.46. The first-order valence-electron chi connectivity index (χ1n) is 9.15. The van der Waals surface area contributed by atoms with Crippen molar-refractivity contribution in [1.29, 1.82) is 5.26 Å². The summed E-state index contributed by atoms with van der Waals surface area (Å²) in [7, 11) is 0. The number of nitrogens with two attached hydrogens (primary N) is 1. The van der Waals surface area contributed by atoms with Gasteiger partial charge in [-0.3, -0.25) is 4.79 Å². The average Bonchev–Trinajstić information content (AvgIpc) is 3.42. The molecule has 1 aliphatic carbocycles. The minimum absolute atomic E-state index is 0.00366. The van der Waals surface area contributed by atoms with E-state index in [1.807, 2.05) is 36.4 Å². The monoisotopic (exact) mass is 407 g/mol. The van der Waals surface area contributed by atoms with Crippen molar-refractivity contribution in [3.8, 4) is 6.07 Å². The van der Waals surface area contributed by atoms with Crippen LogP contribution in [0.25, 0.3) is 0 Å². The van der Waals surface area contributed by atoms with Crippen LogP contribution in [-0.2, 0) is 17.9 Å². The highest BCUT2D eigenvalue weighted by atomic mass is 35.5. The molecule has 1 fully saturated rings. The minimum atomic E-state index is -0.145. The van der Waals surface area contributed by atoms with Gasteiger partial charge in [0.1, 0.15) is 0 Å². The quantitative estimate of drug-likeness (QED) is 0.669. The van der Waals surface area contributed by atoms with Crippen molar-refractivity contribution in [1.82, 2.24) is 15.1 Å². The van der Waals surface area contributed by atoms with Crippen molar-refractivity contribution in [3.05, 3.63) is 76.1 Å². The van der Waals surface area contributed by atoms with Gasteiger partial charge in [0.2, 0.25) is 11.8 Å². The Morgan fingerprint density at radius 1 is 1.21 bits per heavy atom. The van der Waals surface area contributed by atoms with Gasteiger partial charge < -0.3 is 15.1 Å². The van der Waals surface area contributed by atoms with Crippen molar-refractivity contribution < 1.29 is 9.21 Å². The van der Waals surface area contributed by atoms with E-state index in [4.69, 9.17) is 27.0 Å². The van der Waals surface area contributed by atoms with Crippen molar-refractivity contribution in [3.63, 3.8) is 0 Å². The summed E-state index contributed by atoms with van der Waals surface area (Å²) in [5.74, 6) is 0.233. The molecule has 2 aromatic carbocycles. The number of nitrogens with zero attached hydrogens (tertiary/aromatic N) is 4. The zero-order valence-corrected chi connectivity index (χ0v) is 16.2. The van der Waals surface area contributed by atoms with Crippen LogP contribution in [-0.4, -0.2) is 21.0 Å². The Labute approximate surface area is 172 Å². The van der Waals surface area contributed by atoms with E-state index < -0.39 is 0 Å². The van der Waals surface area contributed by atoms with Gasteiger partial charge >= 0.3 is 6.01 Å². The lowest BCUT2D eigenvalue weighted by molar-refractivity contribution is -0.134. The average molecular weight is 408 g/mol. The molecule has 1 aromatic heterocycles. The van der Waals surface area contributed by atoms with Gasteiger partial charge in [-0.05, 0) is 41.7 Å². The van der Waals surface area contributed by atoms with Crippen LogP contribution in [0.1, 0.15) is 34.9 Å². The number of benzene rings is 2. The fourth-order valence-electron chi connectivity index (χ4n) is 3.43. The topological polar surface area (TPSA) is 109 Å². The zero-order valence-electron chi connectivity index (χ0n) is 15.5. The van der Waals surface area contributed by atoms with Crippen LogP contribution >= 0.6 is 11.6 Å². The Morgan fingerprint density at radius 2 is 1.97 bits per heavy atom. The molecule has 7 nitrogen and oxygen atoms in total. The fraction of sp³-hybridized carbons (Fsp3) is 0.238. The molecular weight excluding hydrogens is 390 g/mol. The highest BCUT2D eigenvalue weighted by molar-refractivity contribution is 6.31. The van der Waals surface area contributed by atoms with Crippen LogP contribution < -0.4 is 5.73 Å². The van der Waals surface area contributed by atoms with Gasteiger partial charge in [-0.1, -0.05) is 47.0 Å². The molecule has 2 atom stereocenters. The summed E-state index contributed by atoms with van der Waals surface area (Å²) in [6.07, 6.45) is 0.748. The van der Waals surface area contributed by atoms with Crippen LogP contribution in [0.15, 0.2) is 52.9 Å². The van der Waals surface area contributed by atoms with Crippen LogP contribution in [0.5, 0.6) is 0 Å².